The van der Waals surface area contributed by atoms with Gasteiger partial charge in [-0.3, -0.25) is 0 Å². The van der Waals surface area contributed by atoms with E-state index in [-0.39, 0.29) is 32.5 Å². The summed E-state index contributed by atoms with van der Waals surface area (Å²) in [7, 11) is 0. The Bertz CT molecular complexity index is 2300. The Balaban J connectivity index is 1.78. The van der Waals surface area contributed by atoms with Crippen molar-refractivity contribution in [1.29, 1.82) is 0 Å². The van der Waals surface area contributed by atoms with E-state index in [0.717, 1.165) is 0 Å². The van der Waals surface area contributed by atoms with E-state index < -0.39 is 0 Å². The molecule has 0 aliphatic heterocycles. The van der Waals surface area contributed by atoms with Gasteiger partial charge in [-0.1, -0.05) is 185 Å². The van der Waals surface area contributed by atoms with Crippen molar-refractivity contribution in [3.63, 3.8) is 0 Å². The van der Waals surface area contributed by atoms with E-state index in [4.69, 9.17) is 0 Å². The summed E-state index contributed by atoms with van der Waals surface area (Å²) in [5, 5.41) is 2.60. The van der Waals surface area contributed by atoms with Crippen molar-refractivity contribution in [2.45, 2.75) is 157 Å². The first-order valence-corrected chi connectivity index (χ1v) is 20.6. The minimum atomic E-state index is 0.00663. The van der Waals surface area contributed by atoms with Crippen LogP contribution in [0.3, 0.4) is 0 Å². The quantitative estimate of drug-likeness (QED) is 0.171. The maximum Gasteiger partial charge on any atom is 0.0547 e. The summed E-state index contributed by atoms with van der Waals surface area (Å²) in [5.74, 6) is 0. The number of rotatable bonds is 3. The normalized spacial score (nSPS) is 13.6. The van der Waals surface area contributed by atoms with Crippen molar-refractivity contribution >= 4 is 21.8 Å². The molecule has 6 aromatic rings. The fraction of sp³-hybridized carbons (Fsp3) is 0.444. The topological polar surface area (TPSA) is 4.93 Å². The summed E-state index contributed by atoms with van der Waals surface area (Å²) in [5.41, 5.74) is 17.2. The maximum atomic E-state index is 2.55. The lowest BCUT2D eigenvalue weighted by Crippen LogP contribution is -2.17. The largest absolute Gasteiger partial charge is 0.309 e. The minimum absolute atomic E-state index is 0.00663. The first kappa shape index (κ1) is 40.6. The standard InChI is InChI=1S/C54H69N/c1-49(2,3)37-24-35(25-38(29-37)50(4,5)6)34-22-23-46-45(28-34)48-44(36-26-39(51(7,8)9)30-40(27-36)52(10,11)12)20-19-21-47(48)55(46)43-32-41(53(13,14)15)31-42(33-43)54(16,17)18/h19-33H,1-18H3. The highest BCUT2D eigenvalue weighted by molar-refractivity contribution is 6.16. The number of hydrogen-bond donors (Lipinski definition) is 0. The van der Waals surface area contributed by atoms with E-state index in [9.17, 15) is 0 Å². The number of hydrogen-bond acceptors (Lipinski definition) is 0. The molecular formula is C54H69N. The second-order valence-electron chi connectivity index (χ2n) is 22.6. The average Bonchev–Trinajstić information content (AvgIpc) is 3.39. The zero-order valence-electron chi connectivity index (χ0n) is 37.6. The smallest absolute Gasteiger partial charge is 0.0547 e. The van der Waals surface area contributed by atoms with Gasteiger partial charge in [-0.05, 0) is 118 Å². The van der Waals surface area contributed by atoms with E-state index in [0.29, 0.717) is 0 Å². The molecule has 6 rings (SSSR count). The Kier molecular flexibility index (Phi) is 9.77. The van der Waals surface area contributed by atoms with Gasteiger partial charge in [-0.2, -0.15) is 0 Å². The van der Waals surface area contributed by atoms with Gasteiger partial charge in [0, 0.05) is 16.5 Å². The molecule has 0 spiro atoms. The molecule has 0 fully saturated rings. The molecule has 0 saturated heterocycles. The van der Waals surface area contributed by atoms with Crippen LogP contribution in [0.1, 0.15) is 158 Å². The highest BCUT2D eigenvalue weighted by Gasteiger charge is 2.27. The molecule has 1 aromatic heterocycles. The zero-order chi connectivity index (χ0) is 40.8. The minimum Gasteiger partial charge on any atom is -0.309 e. The van der Waals surface area contributed by atoms with Gasteiger partial charge in [0.25, 0.3) is 0 Å². The molecule has 0 saturated carbocycles. The Morgan fingerprint density at radius 2 is 0.709 bits per heavy atom. The van der Waals surface area contributed by atoms with E-state index in [1.165, 1.54) is 83.1 Å². The first-order valence-electron chi connectivity index (χ1n) is 20.6. The summed E-state index contributed by atoms with van der Waals surface area (Å²) in [6, 6.07) is 36.2. The van der Waals surface area contributed by atoms with Crippen molar-refractivity contribution in [2.24, 2.45) is 0 Å². The molecule has 5 aromatic carbocycles. The second kappa shape index (κ2) is 13.2. The lowest BCUT2D eigenvalue weighted by Gasteiger charge is -2.27. The molecule has 1 heteroatoms. The highest BCUT2D eigenvalue weighted by atomic mass is 15.0. The van der Waals surface area contributed by atoms with Crippen molar-refractivity contribution in [2.75, 3.05) is 0 Å². The van der Waals surface area contributed by atoms with E-state index in [2.05, 4.69) is 220 Å². The van der Waals surface area contributed by atoms with Crippen LogP contribution < -0.4 is 0 Å². The molecule has 0 amide bonds. The van der Waals surface area contributed by atoms with E-state index >= 15 is 0 Å². The Morgan fingerprint density at radius 1 is 0.327 bits per heavy atom. The molecule has 1 nitrogen and oxygen atoms in total. The van der Waals surface area contributed by atoms with Crippen molar-refractivity contribution in [1.82, 2.24) is 4.57 Å². The second-order valence-corrected chi connectivity index (χ2v) is 22.6. The fourth-order valence-electron chi connectivity index (χ4n) is 7.68. The highest BCUT2D eigenvalue weighted by Crippen LogP contribution is 2.44. The van der Waals surface area contributed by atoms with Crippen LogP contribution >= 0.6 is 0 Å². The van der Waals surface area contributed by atoms with Crippen LogP contribution in [0.4, 0.5) is 0 Å². The first-order chi connectivity index (χ1) is 25.0. The summed E-state index contributed by atoms with van der Waals surface area (Å²) in [6.07, 6.45) is 0. The molecule has 55 heavy (non-hydrogen) atoms. The van der Waals surface area contributed by atoms with Gasteiger partial charge in [0.1, 0.15) is 0 Å². The van der Waals surface area contributed by atoms with E-state index in [1.54, 1.807) is 0 Å². The summed E-state index contributed by atoms with van der Waals surface area (Å²) in [6.45, 7) is 42.0. The monoisotopic (exact) mass is 732 g/mol. The Morgan fingerprint density at radius 3 is 1.11 bits per heavy atom. The molecule has 0 aliphatic rings. The van der Waals surface area contributed by atoms with Crippen LogP contribution in [-0.4, -0.2) is 4.57 Å². The molecular weight excluding hydrogens is 663 g/mol. The summed E-state index contributed by atoms with van der Waals surface area (Å²) in [4.78, 5) is 0. The van der Waals surface area contributed by atoms with Crippen molar-refractivity contribution in [3.05, 3.63) is 124 Å². The van der Waals surface area contributed by atoms with Crippen LogP contribution in [0, 0.1) is 0 Å². The van der Waals surface area contributed by atoms with Gasteiger partial charge in [0.15, 0.2) is 0 Å². The van der Waals surface area contributed by atoms with Gasteiger partial charge in [0.2, 0.25) is 0 Å². The molecule has 0 aliphatic carbocycles. The zero-order valence-corrected chi connectivity index (χ0v) is 37.6. The van der Waals surface area contributed by atoms with E-state index in [1.807, 2.05) is 0 Å². The maximum absolute atomic E-state index is 2.55. The van der Waals surface area contributed by atoms with Gasteiger partial charge in [-0.25, -0.2) is 0 Å². The van der Waals surface area contributed by atoms with Gasteiger partial charge in [0.05, 0.1) is 11.0 Å². The molecule has 290 valence electrons. The van der Waals surface area contributed by atoms with Crippen LogP contribution in [0.2, 0.25) is 0 Å². The molecule has 0 bridgehead atoms. The van der Waals surface area contributed by atoms with Crippen molar-refractivity contribution in [3.8, 4) is 27.9 Å². The number of benzene rings is 5. The van der Waals surface area contributed by atoms with Crippen LogP contribution in [-0.2, 0) is 32.5 Å². The van der Waals surface area contributed by atoms with Gasteiger partial charge >= 0.3 is 0 Å². The number of aromatic nitrogens is 1. The lowest BCUT2D eigenvalue weighted by molar-refractivity contribution is 0.567. The third kappa shape index (κ3) is 8.10. The van der Waals surface area contributed by atoms with Crippen LogP contribution in [0.15, 0.2) is 91.0 Å². The third-order valence-electron chi connectivity index (χ3n) is 11.7. The van der Waals surface area contributed by atoms with Crippen molar-refractivity contribution < 1.29 is 0 Å². The average molecular weight is 732 g/mol. The summed E-state index contributed by atoms with van der Waals surface area (Å²) < 4.78 is 2.55. The summed E-state index contributed by atoms with van der Waals surface area (Å²) >= 11 is 0. The molecule has 0 atom stereocenters. The Labute approximate surface area is 334 Å². The third-order valence-corrected chi connectivity index (χ3v) is 11.7. The van der Waals surface area contributed by atoms with Gasteiger partial charge < -0.3 is 4.57 Å². The molecule has 0 radical (unpaired) electrons. The number of fused-ring (bicyclic) bond motifs is 3. The predicted molar refractivity (Wildman–Crippen MR) is 244 cm³/mol. The Hall–Kier alpha value is -4.10. The number of nitrogens with zero attached hydrogens (tertiary/aromatic N) is 1. The van der Waals surface area contributed by atoms with Crippen LogP contribution in [0.5, 0.6) is 0 Å². The predicted octanol–water partition coefficient (Wildman–Crippen LogP) is 15.9. The fourth-order valence-corrected chi connectivity index (χ4v) is 7.68. The van der Waals surface area contributed by atoms with Gasteiger partial charge in [-0.15, -0.1) is 0 Å². The van der Waals surface area contributed by atoms with Crippen LogP contribution in [0.25, 0.3) is 49.7 Å². The molecule has 0 N–H and O–H groups in total. The molecule has 0 unspecified atom stereocenters. The lowest BCUT2D eigenvalue weighted by atomic mass is 9.78. The SMILES string of the molecule is CC(C)(C)c1cc(-c2ccc3c(c2)c2c(-c4cc(C(C)(C)C)cc(C(C)(C)C)c4)cccc2n3-c2cc(C(C)(C)C)cc(C(C)(C)C)c2)cc(C(C)(C)C)c1. The molecule has 1 heterocycles.